The van der Waals surface area contributed by atoms with Crippen molar-refractivity contribution in [1.82, 2.24) is 0 Å². The summed E-state index contributed by atoms with van der Waals surface area (Å²) in [5.41, 5.74) is 0.999. The quantitative estimate of drug-likeness (QED) is 0.673. The van der Waals surface area contributed by atoms with Gasteiger partial charge < -0.3 is 4.74 Å². The fourth-order valence-electron chi connectivity index (χ4n) is 1.31. The molecular weight excluding hydrogens is 234 g/mol. The van der Waals surface area contributed by atoms with Crippen LogP contribution in [0, 0.1) is 0 Å². The minimum atomic E-state index is -0.0643. The van der Waals surface area contributed by atoms with E-state index in [1.807, 2.05) is 71.9 Å². The molecule has 0 radical (unpaired) electrons. The molecular formula is C17H31NO. The fraction of sp³-hybridized carbons (Fsp3) is 0.588. The molecule has 0 unspecified atom stereocenters. The van der Waals surface area contributed by atoms with Gasteiger partial charge in [-0.3, -0.25) is 0 Å². The Bertz CT molecular complexity index is 328. The topological polar surface area (TPSA) is 21.6 Å². The molecule has 2 rings (SSSR count). The second kappa shape index (κ2) is 11.8. The van der Waals surface area contributed by atoms with Crippen molar-refractivity contribution < 1.29 is 4.74 Å². The number of hydrogen-bond donors (Lipinski definition) is 0. The lowest BCUT2D eigenvalue weighted by Crippen LogP contribution is -2.17. The van der Waals surface area contributed by atoms with Crippen LogP contribution in [0.5, 0.6) is 0 Å². The summed E-state index contributed by atoms with van der Waals surface area (Å²) in [6, 6.07) is 10.0. The number of aliphatic imine (C=N–C) groups is 1. The third kappa shape index (κ3) is 7.66. The predicted octanol–water partition coefficient (Wildman–Crippen LogP) is 5.32. The van der Waals surface area contributed by atoms with Gasteiger partial charge in [0.1, 0.15) is 6.61 Å². The van der Waals surface area contributed by atoms with Gasteiger partial charge in [0.05, 0.1) is 5.54 Å². The molecule has 0 N–H and O–H groups in total. The largest absolute Gasteiger partial charge is 0.475 e. The highest BCUT2D eigenvalue weighted by Gasteiger charge is 2.26. The van der Waals surface area contributed by atoms with Crippen molar-refractivity contribution in [3.05, 3.63) is 35.9 Å². The average molecular weight is 265 g/mol. The Morgan fingerprint density at radius 3 is 1.74 bits per heavy atom. The van der Waals surface area contributed by atoms with Crippen LogP contribution in [0.1, 0.15) is 61.0 Å². The average Bonchev–Trinajstić information content (AvgIpc) is 2.87. The van der Waals surface area contributed by atoms with Crippen LogP contribution in [0.15, 0.2) is 35.3 Å². The SMILES string of the molecule is CC.CC.CC.CC1(C)COC(c2ccccc2)=N1. The van der Waals surface area contributed by atoms with Gasteiger partial charge in [-0.15, -0.1) is 0 Å². The molecule has 1 heterocycles. The first-order valence-corrected chi connectivity index (χ1v) is 7.45. The Kier molecular flexibility index (Phi) is 12.4. The van der Waals surface area contributed by atoms with Crippen molar-refractivity contribution in [3.8, 4) is 0 Å². The first-order valence-electron chi connectivity index (χ1n) is 7.45. The van der Waals surface area contributed by atoms with E-state index in [1.165, 1.54) is 0 Å². The molecule has 0 fully saturated rings. The smallest absolute Gasteiger partial charge is 0.216 e. The van der Waals surface area contributed by atoms with Gasteiger partial charge in [0.15, 0.2) is 0 Å². The van der Waals surface area contributed by atoms with E-state index in [2.05, 4.69) is 18.8 Å². The summed E-state index contributed by atoms with van der Waals surface area (Å²) < 4.78 is 5.50. The van der Waals surface area contributed by atoms with Crippen molar-refractivity contribution in [1.29, 1.82) is 0 Å². The molecule has 1 aromatic carbocycles. The Labute approximate surface area is 119 Å². The summed E-state index contributed by atoms with van der Waals surface area (Å²) >= 11 is 0. The van der Waals surface area contributed by atoms with Crippen molar-refractivity contribution >= 4 is 5.90 Å². The van der Waals surface area contributed by atoms with Crippen molar-refractivity contribution in [3.63, 3.8) is 0 Å². The highest BCUT2D eigenvalue weighted by Crippen LogP contribution is 2.20. The summed E-state index contributed by atoms with van der Waals surface area (Å²) in [6.45, 7) is 16.8. The van der Waals surface area contributed by atoms with Gasteiger partial charge in [-0.1, -0.05) is 59.7 Å². The highest BCUT2D eigenvalue weighted by atomic mass is 16.5. The van der Waals surface area contributed by atoms with Crippen molar-refractivity contribution in [2.24, 2.45) is 4.99 Å². The van der Waals surface area contributed by atoms with Gasteiger partial charge in [-0.25, -0.2) is 4.99 Å². The van der Waals surface area contributed by atoms with E-state index in [4.69, 9.17) is 4.74 Å². The van der Waals surface area contributed by atoms with Crippen LogP contribution in [0.4, 0.5) is 0 Å². The van der Waals surface area contributed by atoms with E-state index < -0.39 is 0 Å². The van der Waals surface area contributed by atoms with Crippen LogP contribution >= 0.6 is 0 Å². The van der Waals surface area contributed by atoms with Crippen molar-refractivity contribution in [2.75, 3.05) is 6.61 Å². The molecule has 1 aliphatic heterocycles. The third-order valence-corrected chi connectivity index (χ3v) is 1.99. The first-order chi connectivity index (χ1) is 9.17. The molecule has 19 heavy (non-hydrogen) atoms. The Hall–Kier alpha value is -1.31. The Morgan fingerprint density at radius 2 is 1.37 bits per heavy atom. The van der Waals surface area contributed by atoms with Crippen LogP contribution in [-0.2, 0) is 4.74 Å². The maximum Gasteiger partial charge on any atom is 0.216 e. The van der Waals surface area contributed by atoms with E-state index >= 15 is 0 Å². The summed E-state index contributed by atoms with van der Waals surface area (Å²) in [5.74, 6) is 0.769. The molecule has 0 aromatic heterocycles. The Balaban J connectivity index is 0. The van der Waals surface area contributed by atoms with Gasteiger partial charge in [-0.05, 0) is 26.0 Å². The molecule has 0 bridgehead atoms. The van der Waals surface area contributed by atoms with E-state index in [9.17, 15) is 0 Å². The molecule has 2 nitrogen and oxygen atoms in total. The normalized spacial score (nSPS) is 14.2. The number of ether oxygens (including phenoxy) is 1. The first kappa shape index (κ1) is 20.0. The van der Waals surface area contributed by atoms with Crippen molar-refractivity contribution in [2.45, 2.75) is 60.9 Å². The van der Waals surface area contributed by atoms with Crippen LogP contribution in [0.3, 0.4) is 0 Å². The summed E-state index contributed by atoms with van der Waals surface area (Å²) in [4.78, 5) is 4.49. The predicted molar refractivity (Wildman–Crippen MR) is 87.1 cm³/mol. The molecule has 0 spiro atoms. The van der Waals surface area contributed by atoms with Crippen LogP contribution in [0.2, 0.25) is 0 Å². The third-order valence-electron chi connectivity index (χ3n) is 1.99. The van der Waals surface area contributed by atoms with E-state index in [-0.39, 0.29) is 5.54 Å². The van der Waals surface area contributed by atoms with Crippen LogP contribution in [-0.4, -0.2) is 18.0 Å². The molecule has 0 aliphatic carbocycles. The lowest BCUT2D eigenvalue weighted by atomic mass is 10.1. The zero-order valence-corrected chi connectivity index (χ0v) is 13.9. The molecule has 0 amide bonds. The number of rotatable bonds is 1. The van der Waals surface area contributed by atoms with Crippen LogP contribution in [0.25, 0.3) is 0 Å². The van der Waals surface area contributed by atoms with E-state index in [1.54, 1.807) is 0 Å². The second-order valence-corrected chi connectivity index (χ2v) is 3.88. The zero-order chi connectivity index (χ0) is 15.3. The number of nitrogens with zero attached hydrogens (tertiary/aromatic N) is 1. The number of hydrogen-bond acceptors (Lipinski definition) is 2. The molecule has 1 aromatic rings. The molecule has 0 saturated carbocycles. The van der Waals surface area contributed by atoms with Gasteiger partial charge in [-0.2, -0.15) is 0 Å². The lowest BCUT2D eigenvalue weighted by Gasteiger charge is -2.07. The molecule has 1 aliphatic rings. The van der Waals surface area contributed by atoms with E-state index in [0.29, 0.717) is 6.61 Å². The van der Waals surface area contributed by atoms with Gasteiger partial charge in [0.25, 0.3) is 0 Å². The maximum atomic E-state index is 5.50. The fourth-order valence-corrected chi connectivity index (χ4v) is 1.31. The standard InChI is InChI=1S/C11H13NO.3C2H6/c1-11(2)8-13-10(12-11)9-6-4-3-5-7-9;3*1-2/h3-7H,8H2,1-2H3;3*1-2H3. The molecule has 0 saturated heterocycles. The van der Waals surface area contributed by atoms with Crippen LogP contribution < -0.4 is 0 Å². The highest BCUT2D eigenvalue weighted by molar-refractivity contribution is 5.95. The monoisotopic (exact) mass is 265 g/mol. The summed E-state index contributed by atoms with van der Waals surface area (Å²) in [6.07, 6.45) is 0. The minimum absolute atomic E-state index is 0.0643. The molecule has 110 valence electrons. The molecule has 2 heteroatoms. The lowest BCUT2D eigenvalue weighted by molar-refractivity contribution is 0.279. The maximum absolute atomic E-state index is 5.50. The summed E-state index contributed by atoms with van der Waals surface area (Å²) in [7, 11) is 0. The number of benzene rings is 1. The minimum Gasteiger partial charge on any atom is -0.475 e. The van der Waals surface area contributed by atoms with E-state index in [0.717, 1.165) is 11.5 Å². The second-order valence-electron chi connectivity index (χ2n) is 3.88. The molecule has 0 atom stereocenters. The van der Waals surface area contributed by atoms with Gasteiger partial charge in [0, 0.05) is 5.56 Å². The Morgan fingerprint density at radius 1 is 0.895 bits per heavy atom. The van der Waals surface area contributed by atoms with Gasteiger partial charge in [0.2, 0.25) is 5.90 Å². The summed E-state index contributed by atoms with van der Waals surface area (Å²) in [5, 5.41) is 0. The zero-order valence-electron chi connectivity index (χ0n) is 13.9. The van der Waals surface area contributed by atoms with Gasteiger partial charge >= 0.3 is 0 Å².